The van der Waals surface area contributed by atoms with E-state index in [1.807, 2.05) is 0 Å². The summed E-state index contributed by atoms with van der Waals surface area (Å²) in [5.74, 6) is 0.801. The molecule has 0 aliphatic rings. The molecule has 0 aromatic heterocycles. The number of hydrogen-bond acceptors (Lipinski definition) is 2. The van der Waals surface area contributed by atoms with Gasteiger partial charge < -0.3 is 16.2 Å². The molecule has 0 aliphatic carbocycles. The molecule has 0 saturated carbocycles. The van der Waals surface area contributed by atoms with Crippen LogP contribution in [0.4, 0.5) is 0 Å². The molecule has 0 aromatic carbocycles. The minimum absolute atomic E-state index is 0.240. The Kier molecular flexibility index (Phi) is 3.52. The van der Waals surface area contributed by atoms with Gasteiger partial charge in [-0.05, 0) is 0 Å². The lowest BCUT2D eigenvalue weighted by Gasteiger charge is -2.08. The minimum atomic E-state index is -1.03. The van der Waals surface area contributed by atoms with Crippen molar-refractivity contribution in [3.8, 4) is 12.3 Å². The maximum absolute atomic E-state index is 10.1. The lowest BCUT2D eigenvalue weighted by Crippen LogP contribution is -2.39. The van der Waals surface area contributed by atoms with E-state index in [0.29, 0.717) is 0 Å². The number of carbonyl (C=O) groups is 1. The Labute approximate surface area is 64.1 Å². The smallest absolute Gasteiger partial charge is 0.306 e. The van der Waals surface area contributed by atoms with Gasteiger partial charge in [0.05, 0.1) is 6.42 Å². The molecule has 1 atom stereocenters. The second-order valence-electron chi connectivity index (χ2n) is 1.88. The van der Waals surface area contributed by atoms with Crippen molar-refractivity contribution in [2.24, 2.45) is 5.73 Å². The van der Waals surface area contributed by atoms with Crippen LogP contribution in [0.3, 0.4) is 0 Å². The van der Waals surface area contributed by atoms with Crippen LogP contribution in [-0.4, -0.2) is 23.1 Å². The number of hydrogen-bond donors (Lipinski definition) is 4. The van der Waals surface area contributed by atoms with Gasteiger partial charge >= 0.3 is 5.97 Å². The Morgan fingerprint density at radius 3 is 2.73 bits per heavy atom. The Bertz CT molecular complexity index is 190. The van der Waals surface area contributed by atoms with E-state index in [-0.39, 0.29) is 12.4 Å². The quantitative estimate of drug-likeness (QED) is 0.237. The van der Waals surface area contributed by atoms with Gasteiger partial charge in [-0.2, -0.15) is 0 Å². The lowest BCUT2D eigenvalue weighted by atomic mass is 10.2. The van der Waals surface area contributed by atoms with Crippen molar-refractivity contribution in [2.75, 3.05) is 0 Å². The van der Waals surface area contributed by atoms with Gasteiger partial charge in [-0.1, -0.05) is 5.92 Å². The second kappa shape index (κ2) is 4.17. The highest BCUT2D eigenvalue weighted by Gasteiger charge is 2.08. The predicted molar refractivity (Wildman–Crippen MR) is 39.9 cm³/mol. The van der Waals surface area contributed by atoms with Crippen LogP contribution in [-0.2, 0) is 4.79 Å². The SMILES string of the molecule is C#CC(CC(=O)O)NC(=N)N. The number of carboxylic acids is 1. The van der Waals surface area contributed by atoms with Crippen molar-refractivity contribution in [3.05, 3.63) is 0 Å². The van der Waals surface area contributed by atoms with Gasteiger partial charge in [0.15, 0.2) is 5.96 Å². The first kappa shape index (κ1) is 9.30. The highest BCUT2D eigenvalue weighted by Crippen LogP contribution is 1.88. The van der Waals surface area contributed by atoms with Crippen molar-refractivity contribution >= 4 is 11.9 Å². The molecule has 5 nitrogen and oxygen atoms in total. The largest absolute Gasteiger partial charge is 0.481 e. The predicted octanol–water partition coefficient (Wildman–Crippen LogP) is -1.05. The van der Waals surface area contributed by atoms with E-state index in [2.05, 4.69) is 11.2 Å². The normalized spacial score (nSPS) is 11.2. The summed E-state index contributed by atoms with van der Waals surface area (Å²) in [6.45, 7) is 0. The highest BCUT2D eigenvalue weighted by atomic mass is 16.4. The van der Waals surface area contributed by atoms with Crippen LogP contribution in [0.5, 0.6) is 0 Å². The Morgan fingerprint density at radius 1 is 1.91 bits per heavy atom. The van der Waals surface area contributed by atoms with Crippen molar-refractivity contribution in [3.63, 3.8) is 0 Å². The molecule has 0 rings (SSSR count). The molecular weight excluding hydrogens is 146 g/mol. The summed E-state index contributed by atoms with van der Waals surface area (Å²) >= 11 is 0. The second-order valence-corrected chi connectivity index (χ2v) is 1.88. The zero-order valence-corrected chi connectivity index (χ0v) is 5.79. The standard InChI is InChI=1S/C6H9N3O2/c1-2-4(3-5(10)11)9-6(7)8/h1,4H,3H2,(H,10,11)(H4,7,8,9). The van der Waals surface area contributed by atoms with Crippen molar-refractivity contribution in [2.45, 2.75) is 12.5 Å². The number of carboxylic acid groups (broad SMARTS) is 1. The van der Waals surface area contributed by atoms with E-state index in [4.69, 9.17) is 22.7 Å². The van der Waals surface area contributed by atoms with Crippen molar-refractivity contribution in [1.29, 1.82) is 5.41 Å². The summed E-state index contributed by atoms with van der Waals surface area (Å²) < 4.78 is 0. The Balaban J connectivity index is 3.89. The fraction of sp³-hybridized carbons (Fsp3) is 0.333. The third-order valence-electron chi connectivity index (χ3n) is 0.910. The van der Waals surface area contributed by atoms with Gasteiger partial charge in [0.25, 0.3) is 0 Å². The topological polar surface area (TPSA) is 99.2 Å². The highest BCUT2D eigenvalue weighted by molar-refractivity contribution is 5.76. The van der Waals surface area contributed by atoms with Crippen LogP contribution < -0.4 is 11.1 Å². The fourth-order valence-corrected chi connectivity index (χ4v) is 0.514. The first-order chi connectivity index (χ1) is 5.06. The number of rotatable bonds is 3. The molecule has 11 heavy (non-hydrogen) atoms. The molecular formula is C6H9N3O2. The molecule has 0 saturated heterocycles. The molecule has 0 bridgehead atoms. The van der Waals surface area contributed by atoms with Crippen LogP contribution in [0.15, 0.2) is 0 Å². The van der Waals surface area contributed by atoms with Crippen molar-refractivity contribution < 1.29 is 9.90 Å². The third-order valence-corrected chi connectivity index (χ3v) is 0.910. The van der Waals surface area contributed by atoms with Crippen LogP contribution in [0.1, 0.15) is 6.42 Å². The molecule has 5 heteroatoms. The first-order valence-corrected chi connectivity index (χ1v) is 2.84. The van der Waals surface area contributed by atoms with E-state index in [0.717, 1.165) is 0 Å². The average Bonchev–Trinajstić information content (AvgIpc) is 1.84. The van der Waals surface area contributed by atoms with Gasteiger partial charge in [0.1, 0.15) is 6.04 Å². The monoisotopic (exact) mass is 155 g/mol. The Hall–Kier alpha value is -1.70. The van der Waals surface area contributed by atoms with Gasteiger partial charge in [-0.3, -0.25) is 10.2 Å². The third kappa shape index (κ3) is 4.78. The number of nitrogens with one attached hydrogen (secondary N) is 2. The molecule has 1 unspecified atom stereocenters. The van der Waals surface area contributed by atoms with Gasteiger partial charge in [0.2, 0.25) is 0 Å². The zero-order valence-electron chi connectivity index (χ0n) is 5.79. The number of aliphatic carboxylic acids is 1. The summed E-state index contributed by atoms with van der Waals surface area (Å²) in [6, 6.07) is -0.704. The molecule has 0 heterocycles. The number of terminal acetylenes is 1. The van der Waals surface area contributed by atoms with E-state index < -0.39 is 12.0 Å². The molecule has 60 valence electrons. The Morgan fingerprint density at radius 2 is 2.45 bits per heavy atom. The molecule has 5 N–H and O–H groups in total. The van der Waals surface area contributed by atoms with E-state index >= 15 is 0 Å². The fourth-order valence-electron chi connectivity index (χ4n) is 0.514. The number of guanidine groups is 1. The zero-order chi connectivity index (χ0) is 8.85. The summed E-state index contributed by atoms with van der Waals surface area (Å²) in [5.41, 5.74) is 4.93. The van der Waals surface area contributed by atoms with Crippen LogP contribution in [0.25, 0.3) is 0 Å². The maximum atomic E-state index is 10.1. The summed E-state index contributed by atoms with van der Waals surface area (Å²) in [5, 5.41) is 17.3. The molecule has 0 radical (unpaired) electrons. The van der Waals surface area contributed by atoms with Crippen LogP contribution >= 0.6 is 0 Å². The molecule has 0 amide bonds. The van der Waals surface area contributed by atoms with Gasteiger partial charge in [-0.25, -0.2) is 0 Å². The van der Waals surface area contributed by atoms with Crippen LogP contribution in [0, 0.1) is 17.8 Å². The summed E-state index contributed by atoms with van der Waals surface area (Å²) in [7, 11) is 0. The average molecular weight is 155 g/mol. The molecule has 0 aliphatic heterocycles. The van der Waals surface area contributed by atoms with E-state index in [1.165, 1.54) is 0 Å². The van der Waals surface area contributed by atoms with E-state index in [9.17, 15) is 4.79 Å². The molecule has 0 spiro atoms. The van der Waals surface area contributed by atoms with E-state index in [1.54, 1.807) is 0 Å². The van der Waals surface area contributed by atoms with Gasteiger partial charge in [-0.15, -0.1) is 6.42 Å². The number of nitrogens with two attached hydrogens (primary N) is 1. The van der Waals surface area contributed by atoms with Crippen molar-refractivity contribution in [1.82, 2.24) is 5.32 Å². The minimum Gasteiger partial charge on any atom is -0.481 e. The van der Waals surface area contributed by atoms with Crippen LogP contribution in [0.2, 0.25) is 0 Å². The summed E-state index contributed by atoms with van der Waals surface area (Å²) in [4.78, 5) is 10.1. The van der Waals surface area contributed by atoms with Gasteiger partial charge in [0, 0.05) is 0 Å². The summed E-state index contributed by atoms with van der Waals surface area (Å²) in [6.07, 6.45) is 4.70. The molecule has 0 fully saturated rings. The maximum Gasteiger partial charge on any atom is 0.306 e. The lowest BCUT2D eigenvalue weighted by molar-refractivity contribution is -0.137. The first-order valence-electron chi connectivity index (χ1n) is 2.84. The molecule has 0 aromatic rings.